The van der Waals surface area contributed by atoms with Crippen molar-refractivity contribution < 1.29 is 0 Å². The van der Waals surface area contributed by atoms with E-state index in [0.29, 0.717) is 0 Å². The van der Waals surface area contributed by atoms with E-state index in [4.69, 9.17) is 0 Å². The first-order chi connectivity index (χ1) is 31.8. The number of fused-ring (bicyclic) bond motifs is 10. The van der Waals surface area contributed by atoms with Crippen LogP contribution in [-0.2, 0) is 5.41 Å². The topological polar surface area (TPSA) is 3.24 Å². The Balaban J connectivity index is 0.997. The van der Waals surface area contributed by atoms with Gasteiger partial charge in [0, 0.05) is 42.0 Å². The highest BCUT2D eigenvalue weighted by atomic mass is 32.1. The van der Waals surface area contributed by atoms with Crippen LogP contribution in [0.2, 0.25) is 0 Å². The van der Waals surface area contributed by atoms with Crippen molar-refractivity contribution >= 4 is 91.7 Å². The summed E-state index contributed by atoms with van der Waals surface area (Å²) in [5, 5.41) is 12.8. The van der Waals surface area contributed by atoms with Gasteiger partial charge in [-0.2, -0.15) is 0 Å². The number of aryl methyl sites for hydroxylation is 2. The summed E-state index contributed by atoms with van der Waals surface area (Å²) in [6.45, 7) is 9.27. The van der Waals surface area contributed by atoms with Gasteiger partial charge in [-0.05, 0) is 144 Å². The third kappa shape index (κ3) is 5.57. The third-order valence-corrected chi connectivity index (χ3v) is 15.7. The highest BCUT2D eigenvalue weighted by Gasteiger charge is 2.37. The van der Waals surface area contributed by atoms with E-state index in [2.05, 4.69) is 233 Å². The van der Waals surface area contributed by atoms with Crippen molar-refractivity contribution in [1.82, 2.24) is 0 Å². The van der Waals surface area contributed by atoms with Gasteiger partial charge in [-0.1, -0.05) is 172 Å². The van der Waals surface area contributed by atoms with Crippen LogP contribution in [0.25, 0.3) is 96.6 Å². The number of hydrogen-bond donors (Lipinski definition) is 0. The predicted octanol–water partition coefficient (Wildman–Crippen LogP) is 18.4. The molecule has 1 aromatic heterocycles. The average molecular weight is 848 g/mol. The summed E-state index contributed by atoms with van der Waals surface area (Å²) in [6.07, 6.45) is 0. The number of rotatable bonds is 5. The molecule has 0 N–H and O–H groups in total. The lowest BCUT2D eigenvalue weighted by molar-refractivity contribution is 0.660. The maximum atomic E-state index is 2.51. The molecular weight excluding hydrogens is 803 g/mol. The van der Waals surface area contributed by atoms with Gasteiger partial charge in [0.15, 0.2) is 0 Å². The number of hydrogen-bond acceptors (Lipinski definition) is 2. The maximum Gasteiger partial charge on any atom is 0.0540 e. The quantitative estimate of drug-likeness (QED) is 0.156. The average Bonchev–Trinajstić information content (AvgIpc) is 3.84. The third-order valence-electron chi connectivity index (χ3n) is 14.5. The Kier molecular flexibility index (Phi) is 8.32. The highest BCUT2D eigenvalue weighted by molar-refractivity contribution is 7.26. The molecule has 308 valence electrons. The molecule has 1 aliphatic rings. The molecular formula is C63H45NS. The zero-order valence-corrected chi connectivity index (χ0v) is 37.7. The SMILES string of the molecule is Cc1ccc(N(c2ccc3c(c2)C(C)(C)c2cc(-c4c5ccccc5c(-c5cccc6sc7ccccc7c56)c5ccccc45)ccc2-3)c2ccc(C)c3ccccc23)c2ccccc12. The van der Waals surface area contributed by atoms with Crippen LogP contribution in [0.1, 0.15) is 36.1 Å². The van der Waals surface area contributed by atoms with Gasteiger partial charge in [-0.25, -0.2) is 0 Å². The first-order valence-electron chi connectivity index (χ1n) is 22.8. The molecule has 11 aromatic carbocycles. The summed E-state index contributed by atoms with van der Waals surface area (Å²) in [5.74, 6) is 0. The molecule has 1 nitrogen and oxygen atoms in total. The second-order valence-electron chi connectivity index (χ2n) is 18.5. The van der Waals surface area contributed by atoms with E-state index < -0.39 is 0 Å². The molecule has 0 fully saturated rings. The molecule has 0 spiro atoms. The van der Waals surface area contributed by atoms with Gasteiger partial charge < -0.3 is 4.90 Å². The predicted molar refractivity (Wildman–Crippen MR) is 282 cm³/mol. The lowest BCUT2D eigenvalue weighted by atomic mass is 9.80. The second kappa shape index (κ2) is 14.2. The van der Waals surface area contributed by atoms with E-state index >= 15 is 0 Å². The fraction of sp³-hybridized carbons (Fsp3) is 0.0794. The van der Waals surface area contributed by atoms with E-state index in [1.54, 1.807) is 0 Å². The van der Waals surface area contributed by atoms with Crippen molar-refractivity contribution in [2.24, 2.45) is 0 Å². The van der Waals surface area contributed by atoms with Gasteiger partial charge in [0.25, 0.3) is 0 Å². The van der Waals surface area contributed by atoms with Gasteiger partial charge >= 0.3 is 0 Å². The van der Waals surface area contributed by atoms with Crippen LogP contribution >= 0.6 is 11.3 Å². The normalized spacial score (nSPS) is 13.0. The summed E-state index contributed by atoms with van der Waals surface area (Å²) >= 11 is 1.89. The number of thiophene rings is 1. The van der Waals surface area contributed by atoms with Crippen molar-refractivity contribution in [3.63, 3.8) is 0 Å². The van der Waals surface area contributed by atoms with E-state index in [1.807, 2.05) is 11.3 Å². The lowest BCUT2D eigenvalue weighted by Crippen LogP contribution is -2.17. The Morgan fingerprint density at radius 2 is 0.846 bits per heavy atom. The van der Waals surface area contributed by atoms with Gasteiger partial charge in [-0.3, -0.25) is 0 Å². The van der Waals surface area contributed by atoms with Crippen LogP contribution in [0.5, 0.6) is 0 Å². The van der Waals surface area contributed by atoms with E-state index in [-0.39, 0.29) is 5.41 Å². The minimum absolute atomic E-state index is 0.256. The van der Waals surface area contributed by atoms with Crippen molar-refractivity contribution in [3.8, 4) is 33.4 Å². The minimum atomic E-state index is -0.256. The molecule has 0 amide bonds. The second-order valence-corrected chi connectivity index (χ2v) is 19.5. The lowest BCUT2D eigenvalue weighted by Gasteiger charge is -2.30. The molecule has 2 heteroatoms. The molecule has 0 aliphatic heterocycles. The van der Waals surface area contributed by atoms with Crippen molar-refractivity contribution in [3.05, 3.63) is 222 Å². The van der Waals surface area contributed by atoms with Crippen LogP contribution in [0.3, 0.4) is 0 Å². The van der Waals surface area contributed by atoms with Crippen molar-refractivity contribution in [2.45, 2.75) is 33.1 Å². The molecule has 0 unspecified atom stereocenters. The summed E-state index contributed by atoms with van der Waals surface area (Å²) < 4.78 is 2.65. The fourth-order valence-electron chi connectivity index (χ4n) is 11.4. The monoisotopic (exact) mass is 847 g/mol. The number of nitrogens with zero attached hydrogens (tertiary/aromatic N) is 1. The first-order valence-corrected chi connectivity index (χ1v) is 23.6. The summed E-state index contributed by atoms with van der Waals surface area (Å²) in [5.41, 5.74) is 16.3. The van der Waals surface area contributed by atoms with Gasteiger partial charge in [0.1, 0.15) is 0 Å². The molecule has 0 saturated carbocycles. The van der Waals surface area contributed by atoms with Crippen LogP contribution in [0.4, 0.5) is 17.1 Å². The van der Waals surface area contributed by atoms with Crippen molar-refractivity contribution in [1.29, 1.82) is 0 Å². The minimum Gasteiger partial charge on any atom is -0.309 e. The Labute approximate surface area is 383 Å². The summed E-state index contributed by atoms with van der Waals surface area (Å²) in [6, 6.07) is 75.3. The maximum absolute atomic E-state index is 2.51. The molecule has 12 aromatic rings. The number of benzene rings is 11. The zero-order chi connectivity index (χ0) is 43.6. The molecule has 13 rings (SSSR count). The van der Waals surface area contributed by atoms with Gasteiger partial charge in [-0.15, -0.1) is 11.3 Å². The van der Waals surface area contributed by atoms with E-state index in [9.17, 15) is 0 Å². The van der Waals surface area contributed by atoms with Gasteiger partial charge in [0.2, 0.25) is 0 Å². The molecule has 0 saturated heterocycles. The Hall–Kier alpha value is -7.52. The van der Waals surface area contributed by atoms with Gasteiger partial charge in [0.05, 0.1) is 11.4 Å². The smallest absolute Gasteiger partial charge is 0.0540 e. The van der Waals surface area contributed by atoms with Crippen LogP contribution < -0.4 is 4.90 Å². The molecule has 0 atom stereocenters. The molecule has 65 heavy (non-hydrogen) atoms. The molecule has 1 aliphatic carbocycles. The molecule has 0 bridgehead atoms. The number of anilines is 3. The zero-order valence-electron chi connectivity index (χ0n) is 36.9. The van der Waals surface area contributed by atoms with Crippen LogP contribution in [-0.4, -0.2) is 0 Å². The molecule has 0 radical (unpaired) electrons. The fourth-order valence-corrected chi connectivity index (χ4v) is 12.5. The molecule has 1 heterocycles. The summed E-state index contributed by atoms with van der Waals surface area (Å²) in [4.78, 5) is 2.51. The standard InChI is InChI=1S/C63H45NS/c1-38-28-34-56(46-18-7-5-16-42(38)46)64(57-35-29-39(2)43-17-6-8-19-47(43)57)41-31-33-45-44-32-30-40(36-54(44)63(3,4)55(45)37-41)60-48-20-9-11-22-50(48)61(51-23-12-10-21-49(51)60)53-25-15-27-59-62(53)52-24-13-14-26-58(52)65-59/h5-37H,1-4H3. The van der Waals surface area contributed by atoms with E-state index in [0.717, 1.165) is 5.69 Å². The van der Waals surface area contributed by atoms with E-state index in [1.165, 1.54) is 130 Å². The van der Waals surface area contributed by atoms with Crippen LogP contribution in [0.15, 0.2) is 200 Å². The van der Waals surface area contributed by atoms with Crippen LogP contribution in [0, 0.1) is 13.8 Å². The Bertz CT molecular complexity index is 3820. The highest BCUT2D eigenvalue weighted by Crippen LogP contribution is 2.54. The largest absolute Gasteiger partial charge is 0.309 e. The summed E-state index contributed by atoms with van der Waals surface area (Å²) in [7, 11) is 0. The first kappa shape index (κ1) is 38.0. The van der Waals surface area contributed by atoms with Crippen molar-refractivity contribution in [2.75, 3.05) is 4.90 Å². The Morgan fingerprint density at radius 3 is 1.45 bits per heavy atom. The Morgan fingerprint density at radius 1 is 0.369 bits per heavy atom.